The van der Waals surface area contributed by atoms with Crippen molar-refractivity contribution < 1.29 is 47.3 Å². The number of amides is 2. The van der Waals surface area contributed by atoms with E-state index in [0.29, 0.717) is 16.0 Å². The van der Waals surface area contributed by atoms with Crippen LogP contribution in [0, 0.1) is 12.8 Å². The van der Waals surface area contributed by atoms with Crippen molar-refractivity contribution in [1.29, 1.82) is 0 Å². The second kappa shape index (κ2) is 16.6. The summed E-state index contributed by atoms with van der Waals surface area (Å²) in [6.45, 7) is 14.0. The van der Waals surface area contributed by atoms with Crippen LogP contribution < -0.4 is 4.90 Å². The van der Waals surface area contributed by atoms with Crippen molar-refractivity contribution in [3.05, 3.63) is 82.9 Å². The average Bonchev–Trinajstić information content (AvgIpc) is 3.64. The largest absolute Gasteiger partial charge is 0.458 e. The molecular formula is C40H47ClFN5O9. The summed E-state index contributed by atoms with van der Waals surface area (Å²) in [5.74, 6) is -2.69. The smallest absolute Gasteiger partial charge is 0.425 e. The molecular weight excluding hydrogens is 749 g/mol. The molecule has 1 aliphatic heterocycles. The van der Waals surface area contributed by atoms with Crippen LogP contribution in [0.15, 0.2) is 60.9 Å². The van der Waals surface area contributed by atoms with Crippen LogP contribution in [0.2, 0.25) is 5.28 Å². The highest BCUT2D eigenvalue weighted by molar-refractivity contribution is 6.29. The molecule has 1 aliphatic rings. The summed E-state index contributed by atoms with van der Waals surface area (Å²) in [5.41, 5.74) is -1.95. The Bertz CT molecular complexity index is 2040. The second-order valence-corrected chi connectivity index (χ2v) is 16.1. The molecule has 0 aliphatic carbocycles. The molecule has 14 nitrogen and oxygen atoms in total. The third-order valence-corrected chi connectivity index (χ3v) is 9.04. The van der Waals surface area contributed by atoms with Crippen molar-refractivity contribution in [2.75, 3.05) is 11.5 Å². The van der Waals surface area contributed by atoms with Crippen LogP contribution in [0.25, 0.3) is 11.2 Å². The number of rotatable bonds is 11. The van der Waals surface area contributed by atoms with E-state index < -0.39 is 70.4 Å². The van der Waals surface area contributed by atoms with E-state index in [2.05, 4.69) is 15.0 Å². The maximum atomic E-state index is 16.3. The lowest BCUT2D eigenvalue weighted by Gasteiger charge is -2.31. The van der Waals surface area contributed by atoms with Gasteiger partial charge in [-0.25, -0.2) is 23.8 Å². The number of imide groups is 1. The third-order valence-electron chi connectivity index (χ3n) is 8.87. The van der Waals surface area contributed by atoms with Gasteiger partial charge in [-0.1, -0.05) is 67.1 Å². The Morgan fingerprint density at radius 1 is 0.911 bits per heavy atom. The molecule has 2 amide bonds. The third kappa shape index (κ3) is 9.68. The van der Waals surface area contributed by atoms with Crippen LogP contribution in [-0.4, -0.2) is 79.1 Å². The number of imidazole rings is 1. The Hall–Kier alpha value is -4.99. The Balaban J connectivity index is 1.45. The van der Waals surface area contributed by atoms with Gasteiger partial charge in [0.25, 0.3) is 0 Å². The molecule has 0 N–H and O–H groups in total. The van der Waals surface area contributed by atoms with Crippen molar-refractivity contribution >= 4 is 52.5 Å². The van der Waals surface area contributed by atoms with Gasteiger partial charge in [0.15, 0.2) is 35.2 Å². The van der Waals surface area contributed by atoms with Crippen molar-refractivity contribution in [2.24, 2.45) is 5.92 Å². The van der Waals surface area contributed by atoms with Gasteiger partial charge in [-0.3, -0.25) is 9.36 Å². The molecule has 5 rings (SSSR count). The maximum Gasteiger partial charge on any atom is 0.425 e. The zero-order valence-electron chi connectivity index (χ0n) is 32.9. The van der Waals surface area contributed by atoms with Crippen molar-refractivity contribution in [2.45, 2.75) is 111 Å². The lowest BCUT2D eigenvalue weighted by atomic mass is 9.89. The van der Waals surface area contributed by atoms with E-state index >= 15 is 4.39 Å². The molecule has 5 atom stereocenters. The number of hydrogen-bond donors (Lipinski definition) is 0. The summed E-state index contributed by atoms with van der Waals surface area (Å²) < 4.78 is 46.7. The number of carbonyl (C=O) groups is 4. The fourth-order valence-electron chi connectivity index (χ4n) is 5.94. The summed E-state index contributed by atoms with van der Waals surface area (Å²) in [4.78, 5) is 67.5. The summed E-state index contributed by atoms with van der Waals surface area (Å²) in [7, 11) is 0. The quantitative estimate of drug-likeness (QED) is 0.0632. The first-order chi connectivity index (χ1) is 26.2. The molecule has 2 aromatic carbocycles. The Labute approximate surface area is 329 Å². The molecule has 300 valence electrons. The zero-order chi connectivity index (χ0) is 41.2. The van der Waals surface area contributed by atoms with Gasteiger partial charge in [-0.2, -0.15) is 14.9 Å². The number of nitrogens with zero attached hydrogens (tertiary/aromatic N) is 5. The molecule has 16 heteroatoms. The van der Waals surface area contributed by atoms with Crippen LogP contribution in [-0.2, 0) is 46.3 Å². The Morgan fingerprint density at radius 2 is 1.52 bits per heavy atom. The molecule has 56 heavy (non-hydrogen) atoms. The van der Waals surface area contributed by atoms with Gasteiger partial charge in [-0.15, -0.1) is 0 Å². The number of benzene rings is 2. The molecule has 1 unspecified atom stereocenters. The van der Waals surface area contributed by atoms with E-state index in [1.807, 2.05) is 25.1 Å². The summed E-state index contributed by atoms with van der Waals surface area (Å²) in [6, 6.07) is 16.3. The van der Waals surface area contributed by atoms with E-state index in [-0.39, 0.29) is 36.6 Å². The second-order valence-electron chi connectivity index (χ2n) is 15.7. The van der Waals surface area contributed by atoms with Crippen LogP contribution in [0.5, 0.6) is 0 Å². The molecule has 0 bridgehead atoms. The van der Waals surface area contributed by atoms with Crippen molar-refractivity contribution in [3.8, 4) is 0 Å². The summed E-state index contributed by atoms with van der Waals surface area (Å²) in [5, 5.41) is -0.399. The minimum Gasteiger partial charge on any atom is -0.458 e. The standard InChI is InChI=1S/C40H47ClFN5O9/c1-23-15-17-26(18-16-23)19-40(25(3)48,34(49)52-20-27-13-11-10-12-14-27)53-21-28-24(2)29(42)33(54-28)46-22-43-30-31(46)44-35(41)45-32(30)47(36(50)55-38(4,5)6)37(51)56-39(7,8)9/h10-18,22,24,28-29,33H,19-21H2,1-9H3/t24-,28-,29+,33-,40?/m1/s1. The topological polar surface area (TPSA) is 161 Å². The molecule has 4 aromatic rings. The van der Waals surface area contributed by atoms with E-state index in [0.717, 1.165) is 5.56 Å². The summed E-state index contributed by atoms with van der Waals surface area (Å²) in [6.07, 6.45) is -5.21. The van der Waals surface area contributed by atoms with Gasteiger partial charge in [0, 0.05) is 12.3 Å². The fraction of sp³-hybridized carbons (Fsp3) is 0.475. The number of anilines is 1. The SMILES string of the molecule is CC(=O)C(Cc1ccc(C)cc1)(OC[C@H]1O[C@@H](n2cnc3c(N(C(=O)OC(C)(C)C)C(=O)OC(C)(C)C)nc(Cl)nc32)[C@@H](F)[C@@H]1C)C(=O)OCc1ccccc1. The Morgan fingerprint density at radius 3 is 2.09 bits per heavy atom. The average molecular weight is 796 g/mol. The minimum atomic E-state index is -2.08. The molecule has 0 spiro atoms. The molecule has 2 aromatic heterocycles. The van der Waals surface area contributed by atoms with Crippen LogP contribution in [0.1, 0.15) is 78.3 Å². The van der Waals surface area contributed by atoms with Crippen molar-refractivity contribution in [3.63, 3.8) is 0 Å². The van der Waals surface area contributed by atoms with E-state index in [9.17, 15) is 19.2 Å². The number of Topliss-reactive ketones (excluding diaryl/α,β-unsaturated/α-hetero) is 1. The number of aryl methyl sites for hydroxylation is 1. The predicted octanol–water partition coefficient (Wildman–Crippen LogP) is 7.67. The lowest BCUT2D eigenvalue weighted by Crippen LogP contribution is -2.52. The highest BCUT2D eigenvalue weighted by Gasteiger charge is 2.50. The van der Waals surface area contributed by atoms with Crippen LogP contribution >= 0.6 is 11.6 Å². The van der Waals surface area contributed by atoms with E-state index in [1.54, 1.807) is 84.9 Å². The number of halogens is 2. The van der Waals surface area contributed by atoms with Gasteiger partial charge < -0.3 is 23.7 Å². The number of ether oxygens (including phenoxy) is 5. The number of hydrogen-bond acceptors (Lipinski definition) is 12. The zero-order valence-corrected chi connectivity index (χ0v) is 33.6. The normalized spacial score (nSPS) is 19.6. The first-order valence-electron chi connectivity index (χ1n) is 18.1. The minimum absolute atomic E-state index is 0.0690. The van der Waals surface area contributed by atoms with Crippen LogP contribution in [0.3, 0.4) is 0 Å². The van der Waals surface area contributed by atoms with E-state index in [1.165, 1.54) is 17.8 Å². The molecule has 1 saturated heterocycles. The Kier molecular flexibility index (Phi) is 12.5. The van der Waals surface area contributed by atoms with Gasteiger partial charge >= 0.3 is 18.2 Å². The molecule has 0 saturated carbocycles. The van der Waals surface area contributed by atoms with Crippen molar-refractivity contribution in [1.82, 2.24) is 19.5 Å². The predicted molar refractivity (Wildman–Crippen MR) is 204 cm³/mol. The van der Waals surface area contributed by atoms with Crippen LogP contribution in [0.4, 0.5) is 19.8 Å². The molecule has 0 radical (unpaired) electrons. The van der Waals surface area contributed by atoms with E-state index in [4.69, 9.17) is 35.3 Å². The van der Waals surface area contributed by atoms with Gasteiger partial charge in [0.2, 0.25) is 10.9 Å². The van der Waals surface area contributed by atoms with Gasteiger partial charge in [0.1, 0.15) is 17.8 Å². The maximum absolute atomic E-state index is 16.3. The van der Waals surface area contributed by atoms with Gasteiger partial charge in [-0.05, 0) is 78.1 Å². The number of carbonyl (C=O) groups excluding carboxylic acids is 4. The molecule has 3 heterocycles. The number of fused-ring (bicyclic) bond motifs is 1. The fourth-order valence-corrected chi connectivity index (χ4v) is 6.10. The highest BCUT2D eigenvalue weighted by Crippen LogP contribution is 2.40. The monoisotopic (exact) mass is 795 g/mol. The number of aromatic nitrogens is 4. The highest BCUT2D eigenvalue weighted by atomic mass is 35.5. The first-order valence-corrected chi connectivity index (χ1v) is 18.4. The van der Waals surface area contributed by atoms with Gasteiger partial charge in [0.05, 0.1) is 19.0 Å². The number of alkyl halides is 1. The summed E-state index contributed by atoms with van der Waals surface area (Å²) >= 11 is 6.35. The number of esters is 1. The number of ketones is 1. The first kappa shape index (κ1) is 42.2. The lowest BCUT2D eigenvalue weighted by molar-refractivity contribution is -0.183. The molecule has 1 fully saturated rings.